The van der Waals surface area contributed by atoms with E-state index in [9.17, 15) is 9.59 Å². The summed E-state index contributed by atoms with van der Waals surface area (Å²) >= 11 is 0. The highest BCUT2D eigenvalue weighted by atomic mass is 16.4. The largest absolute Gasteiger partial charge is 0.481 e. The second-order valence-electron chi connectivity index (χ2n) is 5.68. The zero-order valence-corrected chi connectivity index (χ0v) is 13.0. The lowest BCUT2D eigenvalue weighted by Gasteiger charge is -2.16. The van der Waals surface area contributed by atoms with Crippen LogP contribution in [-0.2, 0) is 11.2 Å². The third-order valence-electron chi connectivity index (χ3n) is 4.26. The molecule has 1 aliphatic heterocycles. The van der Waals surface area contributed by atoms with Crippen LogP contribution in [0.25, 0.3) is 5.69 Å². The van der Waals surface area contributed by atoms with Gasteiger partial charge < -0.3 is 10.0 Å². The Bertz CT molecular complexity index is 724. The molecule has 120 valence electrons. The van der Waals surface area contributed by atoms with Crippen molar-refractivity contribution >= 4 is 11.9 Å². The van der Waals surface area contributed by atoms with Crippen LogP contribution < -0.4 is 0 Å². The standard InChI is InChI=1S/C17H19N3O3/c1-2-15-14(10-18-20(15)13-6-4-3-5-7-13)16(21)19-9-8-12(11-19)17(22)23/h3-7,10,12H,2,8-9,11H2,1H3,(H,22,23). The maximum atomic E-state index is 12.7. The summed E-state index contributed by atoms with van der Waals surface area (Å²) in [6, 6.07) is 9.67. The van der Waals surface area contributed by atoms with Gasteiger partial charge in [0, 0.05) is 13.1 Å². The van der Waals surface area contributed by atoms with E-state index in [1.54, 1.807) is 15.8 Å². The van der Waals surface area contributed by atoms with Gasteiger partial charge in [-0.3, -0.25) is 9.59 Å². The Hall–Kier alpha value is -2.63. The third-order valence-corrected chi connectivity index (χ3v) is 4.26. The van der Waals surface area contributed by atoms with Crippen LogP contribution in [0.4, 0.5) is 0 Å². The lowest BCUT2D eigenvalue weighted by molar-refractivity contribution is -0.141. The minimum absolute atomic E-state index is 0.132. The summed E-state index contributed by atoms with van der Waals surface area (Å²) < 4.78 is 1.78. The molecule has 6 heteroatoms. The lowest BCUT2D eigenvalue weighted by Crippen LogP contribution is -2.30. The first-order valence-corrected chi connectivity index (χ1v) is 7.76. The number of para-hydroxylation sites is 1. The zero-order chi connectivity index (χ0) is 16.4. The summed E-state index contributed by atoms with van der Waals surface area (Å²) in [7, 11) is 0. The van der Waals surface area contributed by atoms with Gasteiger partial charge in [-0.2, -0.15) is 5.10 Å². The Kier molecular flexibility index (Phi) is 4.14. The summed E-state index contributed by atoms with van der Waals surface area (Å²) in [6.07, 6.45) is 2.77. The Balaban J connectivity index is 1.88. The van der Waals surface area contributed by atoms with Crippen molar-refractivity contribution in [2.45, 2.75) is 19.8 Å². The van der Waals surface area contributed by atoms with Gasteiger partial charge in [0.25, 0.3) is 5.91 Å². The van der Waals surface area contributed by atoms with E-state index in [0.29, 0.717) is 24.9 Å². The molecule has 1 aliphatic rings. The lowest BCUT2D eigenvalue weighted by atomic mass is 10.1. The molecule has 6 nitrogen and oxygen atoms in total. The normalized spacial score (nSPS) is 17.4. The van der Waals surface area contributed by atoms with Crippen molar-refractivity contribution in [3.63, 3.8) is 0 Å². The molecule has 1 atom stereocenters. The van der Waals surface area contributed by atoms with E-state index in [-0.39, 0.29) is 12.5 Å². The van der Waals surface area contributed by atoms with Gasteiger partial charge in [0.05, 0.1) is 29.1 Å². The van der Waals surface area contributed by atoms with Crippen molar-refractivity contribution in [2.24, 2.45) is 5.92 Å². The van der Waals surface area contributed by atoms with Crippen LogP contribution >= 0.6 is 0 Å². The van der Waals surface area contributed by atoms with Crippen LogP contribution in [0.2, 0.25) is 0 Å². The fraction of sp³-hybridized carbons (Fsp3) is 0.353. The molecular formula is C17H19N3O3. The number of likely N-dealkylation sites (tertiary alicyclic amines) is 1. The van der Waals surface area contributed by atoms with Gasteiger partial charge >= 0.3 is 5.97 Å². The third kappa shape index (κ3) is 2.84. The van der Waals surface area contributed by atoms with Crippen molar-refractivity contribution in [3.8, 4) is 5.69 Å². The number of aliphatic carboxylic acids is 1. The van der Waals surface area contributed by atoms with Crippen molar-refractivity contribution in [3.05, 3.63) is 47.8 Å². The Morgan fingerprint density at radius 2 is 2.04 bits per heavy atom. The number of hydrogen-bond acceptors (Lipinski definition) is 3. The smallest absolute Gasteiger partial charge is 0.308 e. The fourth-order valence-electron chi connectivity index (χ4n) is 3.00. The number of carboxylic acid groups (broad SMARTS) is 1. The van der Waals surface area contributed by atoms with E-state index >= 15 is 0 Å². The quantitative estimate of drug-likeness (QED) is 0.936. The van der Waals surface area contributed by atoms with Crippen molar-refractivity contribution in [2.75, 3.05) is 13.1 Å². The highest BCUT2D eigenvalue weighted by Gasteiger charge is 2.32. The summed E-state index contributed by atoms with van der Waals surface area (Å²) in [5.41, 5.74) is 2.32. The summed E-state index contributed by atoms with van der Waals surface area (Å²) in [5.74, 6) is -1.43. The van der Waals surface area contributed by atoms with Gasteiger partial charge in [-0.1, -0.05) is 25.1 Å². The van der Waals surface area contributed by atoms with Crippen molar-refractivity contribution in [1.29, 1.82) is 0 Å². The molecule has 23 heavy (non-hydrogen) atoms. The van der Waals surface area contributed by atoms with Gasteiger partial charge in [0.2, 0.25) is 0 Å². The predicted molar refractivity (Wildman–Crippen MR) is 84.6 cm³/mol. The molecular weight excluding hydrogens is 294 g/mol. The minimum Gasteiger partial charge on any atom is -0.481 e. The van der Waals surface area contributed by atoms with Crippen LogP contribution in [0, 0.1) is 5.92 Å². The van der Waals surface area contributed by atoms with Gasteiger partial charge in [0.1, 0.15) is 0 Å². The fourth-order valence-corrected chi connectivity index (χ4v) is 3.00. The first kappa shape index (κ1) is 15.3. The Morgan fingerprint density at radius 1 is 1.30 bits per heavy atom. The maximum absolute atomic E-state index is 12.7. The molecule has 1 unspecified atom stereocenters. The zero-order valence-electron chi connectivity index (χ0n) is 13.0. The molecule has 1 N–H and O–H groups in total. The van der Waals surface area contributed by atoms with Crippen LogP contribution in [0.1, 0.15) is 29.4 Å². The number of carbonyl (C=O) groups excluding carboxylic acids is 1. The van der Waals surface area contributed by atoms with E-state index < -0.39 is 11.9 Å². The number of carboxylic acids is 1. The van der Waals surface area contributed by atoms with E-state index in [0.717, 1.165) is 11.4 Å². The SMILES string of the molecule is CCc1c(C(=O)N2CCC(C(=O)O)C2)cnn1-c1ccccc1. The molecule has 1 fully saturated rings. The number of amides is 1. The summed E-state index contributed by atoms with van der Waals surface area (Å²) in [6.45, 7) is 2.74. The van der Waals surface area contributed by atoms with Crippen LogP contribution in [0.3, 0.4) is 0 Å². The van der Waals surface area contributed by atoms with Crippen LogP contribution in [-0.4, -0.2) is 44.8 Å². The van der Waals surface area contributed by atoms with Crippen molar-refractivity contribution in [1.82, 2.24) is 14.7 Å². The number of rotatable bonds is 4. The monoisotopic (exact) mass is 313 g/mol. The van der Waals surface area contributed by atoms with Crippen LogP contribution in [0.15, 0.2) is 36.5 Å². The predicted octanol–water partition coefficient (Wildman–Crippen LogP) is 1.98. The number of nitrogens with zero attached hydrogens (tertiary/aromatic N) is 3. The topological polar surface area (TPSA) is 75.4 Å². The second kappa shape index (κ2) is 6.24. The van der Waals surface area contributed by atoms with E-state index in [4.69, 9.17) is 5.11 Å². The number of aromatic nitrogens is 2. The molecule has 1 aromatic heterocycles. The minimum atomic E-state index is -0.837. The van der Waals surface area contributed by atoms with Gasteiger partial charge in [-0.25, -0.2) is 4.68 Å². The molecule has 2 heterocycles. The first-order valence-electron chi connectivity index (χ1n) is 7.76. The number of benzene rings is 1. The van der Waals surface area contributed by atoms with Crippen molar-refractivity contribution < 1.29 is 14.7 Å². The maximum Gasteiger partial charge on any atom is 0.308 e. The molecule has 3 rings (SSSR count). The van der Waals surface area contributed by atoms with E-state index in [2.05, 4.69) is 5.10 Å². The summed E-state index contributed by atoms with van der Waals surface area (Å²) in [5, 5.41) is 13.4. The summed E-state index contributed by atoms with van der Waals surface area (Å²) in [4.78, 5) is 25.4. The molecule has 2 aromatic rings. The molecule has 0 saturated carbocycles. The first-order chi connectivity index (χ1) is 11.1. The second-order valence-corrected chi connectivity index (χ2v) is 5.68. The molecule has 0 bridgehead atoms. The molecule has 1 saturated heterocycles. The number of hydrogen-bond donors (Lipinski definition) is 1. The molecule has 0 radical (unpaired) electrons. The molecule has 1 aromatic carbocycles. The van der Waals surface area contributed by atoms with Gasteiger partial charge in [-0.05, 0) is 25.0 Å². The average Bonchev–Trinajstić information content (AvgIpc) is 3.22. The molecule has 0 spiro atoms. The Morgan fingerprint density at radius 3 is 2.65 bits per heavy atom. The van der Waals surface area contributed by atoms with Gasteiger partial charge in [0.15, 0.2) is 0 Å². The molecule has 1 amide bonds. The van der Waals surface area contributed by atoms with E-state index in [1.165, 1.54) is 0 Å². The van der Waals surface area contributed by atoms with Crippen LogP contribution in [0.5, 0.6) is 0 Å². The van der Waals surface area contributed by atoms with E-state index in [1.807, 2.05) is 37.3 Å². The number of carbonyl (C=O) groups is 2. The average molecular weight is 313 g/mol. The Labute approximate surface area is 134 Å². The molecule has 0 aliphatic carbocycles. The highest BCUT2D eigenvalue weighted by Crippen LogP contribution is 2.22. The highest BCUT2D eigenvalue weighted by molar-refractivity contribution is 5.95. The van der Waals surface area contributed by atoms with Gasteiger partial charge in [-0.15, -0.1) is 0 Å².